The fraction of sp³-hybridized carbons (Fsp3) is 0.400. The first kappa shape index (κ1) is 15.8. The maximum atomic E-state index is 11.7. The maximum absolute atomic E-state index is 11.7. The van der Waals surface area contributed by atoms with Gasteiger partial charge in [0.2, 0.25) is 0 Å². The molecule has 0 radical (unpaired) electrons. The number of nitrogens with zero attached hydrogens (tertiary/aromatic N) is 1. The van der Waals surface area contributed by atoms with E-state index in [1.807, 2.05) is 30.3 Å². The standard InChI is InChI=1S/C15H18N2O5/c1-17(22-14(19)12-7-8-12)13(18)9-16-15(20)21-10-11-5-3-2-4-6-11/h2-6,12H,7-10H2,1H3,(H,16,20). The molecule has 7 nitrogen and oxygen atoms in total. The van der Waals surface area contributed by atoms with E-state index in [9.17, 15) is 14.4 Å². The number of hydroxylamine groups is 2. The second-order valence-electron chi connectivity index (χ2n) is 4.99. The lowest BCUT2D eigenvalue weighted by atomic mass is 10.2. The van der Waals surface area contributed by atoms with Crippen LogP contribution in [-0.4, -0.2) is 36.6 Å². The zero-order valence-corrected chi connectivity index (χ0v) is 12.3. The predicted octanol–water partition coefficient (Wildman–Crippen LogP) is 1.24. The largest absolute Gasteiger partial charge is 0.445 e. The number of ether oxygens (including phenoxy) is 1. The lowest BCUT2D eigenvalue weighted by Gasteiger charge is -2.16. The van der Waals surface area contributed by atoms with Gasteiger partial charge in [0.25, 0.3) is 5.91 Å². The number of hydrogen-bond donors (Lipinski definition) is 1. The molecule has 1 aromatic rings. The van der Waals surface area contributed by atoms with Gasteiger partial charge in [-0.2, -0.15) is 5.06 Å². The highest BCUT2D eigenvalue weighted by Gasteiger charge is 2.33. The smallest absolute Gasteiger partial charge is 0.407 e. The molecule has 22 heavy (non-hydrogen) atoms. The average Bonchev–Trinajstić information content (AvgIpc) is 3.36. The van der Waals surface area contributed by atoms with E-state index in [1.165, 1.54) is 7.05 Å². The van der Waals surface area contributed by atoms with Crippen LogP contribution in [0.15, 0.2) is 30.3 Å². The Morgan fingerprint density at radius 3 is 2.55 bits per heavy atom. The van der Waals surface area contributed by atoms with E-state index in [0.717, 1.165) is 23.5 Å². The quantitative estimate of drug-likeness (QED) is 0.827. The summed E-state index contributed by atoms with van der Waals surface area (Å²) in [5.41, 5.74) is 0.847. The molecule has 0 aliphatic heterocycles. The summed E-state index contributed by atoms with van der Waals surface area (Å²) in [6.45, 7) is -0.185. The molecule has 1 fully saturated rings. The zero-order valence-electron chi connectivity index (χ0n) is 12.3. The fourth-order valence-corrected chi connectivity index (χ4v) is 1.61. The van der Waals surface area contributed by atoms with Crippen LogP contribution in [0.25, 0.3) is 0 Å². The number of nitrogens with one attached hydrogen (secondary N) is 1. The summed E-state index contributed by atoms with van der Waals surface area (Å²) in [5, 5.41) is 3.14. The number of rotatable bonds is 5. The second kappa shape index (κ2) is 7.44. The number of benzene rings is 1. The van der Waals surface area contributed by atoms with Gasteiger partial charge in [-0.15, -0.1) is 0 Å². The van der Waals surface area contributed by atoms with Gasteiger partial charge >= 0.3 is 12.1 Å². The molecule has 0 aromatic heterocycles. The number of likely N-dealkylation sites (N-methyl/N-ethyl adjacent to an activating group) is 1. The molecule has 1 N–H and O–H groups in total. The Hall–Kier alpha value is -2.57. The van der Waals surface area contributed by atoms with Crippen LogP contribution in [-0.2, 0) is 25.8 Å². The number of amides is 2. The Kier molecular flexibility index (Phi) is 5.35. The summed E-state index contributed by atoms with van der Waals surface area (Å²) in [6, 6.07) is 9.18. The molecule has 1 aliphatic rings. The molecule has 0 bridgehead atoms. The Bertz CT molecular complexity index is 542. The topological polar surface area (TPSA) is 84.9 Å². The molecule has 1 aliphatic carbocycles. The average molecular weight is 306 g/mol. The minimum atomic E-state index is -0.709. The van der Waals surface area contributed by atoms with Gasteiger partial charge < -0.3 is 14.9 Å². The minimum absolute atomic E-state index is 0.0981. The molecule has 0 saturated heterocycles. The summed E-state index contributed by atoms with van der Waals surface area (Å²) in [4.78, 5) is 39.4. The summed E-state index contributed by atoms with van der Waals surface area (Å²) in [7, 11) is 1.33. The molecule has 0 atom stereocenters. The molecule has 1 aromatic carbocycles. The SMILES string of the molecule is CN(OC(=O)C1CC1)C(=O)CNC(=O)OCc1ccccc1. The molecule has 118 valence electrons. The lowest BCUT2D eigenvalue weighted by molar-refractivity contribution is -0.193. The molecular formula is C15H18N2O5. The molecular weight excluding hydrogens is 288 g/mol. The van der Waals surface area contributed by atoms with E-state index >= 15 is 0 Å². The van der Waals surface area contributed by atoms with Gasteiger partial charge in [0.05, 0.1) is 5.92 Å². The third kappa shape index (κ3) is 5.08. The Balaban J connectivity index is 1.64. The number of hydrogen-bond acceptors (Lipinski definition) is 5. The first-order chi connectivity index (χ1) is 10.6. The summed E-state index contributed by atoms with van der Waals surface area (Å²) >= 11 is 0. The summed E-state index contributed by atoms with van der Waals surface area (Å²) in [5.74, 6) is -1.05. The van der Waals surface area contributed by atoms with Crippen LogP contribution < -0.4 is 5.32 Å². The molecule has 1 saturated carbocycles. The van der Waals surface area contributed by atoms with Crippen molar-refractivity contribution in [3.05, 3.63) is 35.9 Å². The van der Waals surface area contributed by atoms with Crippen LogP contribution >= 0.6 is 0 Å². The van der Waals surface area contributed by atoms with Crippen LogP contribution in [0.3, 0.4) is 0 Å². The molecule has 0 heterocycles. The van der Waals surface area contributed by atoms with Crippen LogP contribution in [0.5, 0.6) is 0 Å². The highest BCUT2D eigenvalue weighted by atomic mass is 16.7. The Labute approximate surface area is 128 Å². The van der Waals surface area contributed by atoms with Crippen molar-refractivity contribution in [2.75, 3.05) is 13.6 Å². The second-order valence-corrected chi connectivity index (χ2v) is 4.99. The Morgan fingerprint density at radius 2 is 1.91 bits per heavy atom. The van der Waals surface area contributed by atoms with Gasteiger partial charge in [0, 0.05) is 7.05 Å². The van der Waals surface area contributed by atoms with Crippen molar-refractivity contribution in [3.63, 3.8) is 0 Å². The van der Waals surface area contributed by atoms with E-state index in [4.69, 9.17) is 9.57 Å². The number of alkyl carbamates (subject to hydrolysis) is 1. The third-order valence-corrected chi connectivity index (χ3v) is 3.09. The highest BCUT2D eigenvalue weighted by Crippen LogP contribution is 2.30. The van der Waals surface area contributed by atoms with Crippen molar-refractivity contribution in [2.45, 2.75) is 19.4 Å². The lowest BCUT2D eigenvalue weighted by Crippen LogP contribution is -2.39. The van der Waals surface area contributed by atoms with Crippen molar-refractivity contribution in [2.24, 2.45) is 5.92 Å². The van der Waals surface area contributed by atoms with Gasteiger partial charge in [-0.25, -0.2) is 9.59 Å². The first-order valence-electron chi connectivity index (χ1n) is 6.99. The monoisotopic (exact) mass is 306 g/mol. The van der Waals surface area contributed by atoms with E-state index in [0.29, 0.717) is 0 Å². The molecule has 2 amide bonds. The van der Waals surface area contributed by atoms with Crippen molar-refractivity contribution in [1.29, 1.82) is 0 Å². The van der Waals surface area contributed by atoms with E-state index in [1.54, 1.807) is 0 Å². The van der Waals surface area contributed by atoms with Gasteiger partial charge in [-0.05, 0) is 18.4 Å². The van der Waals surface area contributed by atoms with Gasteiger partial charge in [-0.3, -0.25) is 4.79 Å². The molecule has 7 heteroatoms. The predicted molar refractivity (Wildman–Crippen MR) is 76.2 cm³/mol. The van der Waals surface area contributed by atoms with E-state index in [-0.39, 0.29) is 19.1 Å². The highest BCUT2D eigenvalue weighted by molar-refractivity contribution is 5.83. The van der Waals surface area contributed by atoms with E-state index < -0.39 is 18.0 Å². The normalized spacial score (nSPS) is 13.1. The summed E-state index contributed by atoms with van der Waals surface area (Å²) in [6.07, 6.45) is 0.884. The number of carbonyl (C=O) groups is 3. The van der Waals surface area contributed by atoms with Crippen molar-refractivity contribution in [1.82, 2.24) is 10.4 Å². The van der Waals surface area contributed by atoms with Crippen LogP contribution in [0, 0.1) is 5.92 Å². The van der Waals surface area contributed by atoms with Gasteiger partial charge in [0.1, 0.15) is 13.2 Å². The molecule has 0 unspecified atom stereocenters. The van der Waals surface area contributed by atoms with Crippen molar-refractivity contribution in [3.8, 4) is 0 Å². The van der Waals surface area contributed by atoms with Crippen LogP contribution in [0.1, 0.15) is 18.4 Å². The molecule has 0 spiro atoms. The zero-order chi connectivity index (χ0) is 15.9. The van der Waals surface area contributed by atoms with Crippen LogP contribution in [0.2, 0.25) is 0 Å². The molecule has 2 rings (SSSR count). The minimum Gasteiger partial charge on any atom is -0.445 e. The Morgan fingerprint density at radius 1 is 1.23 bits per heavy atom. The summed E-state index contributed by atoms with van der Waals surface area (Å²) < 4.78 is 4.96. The van der Waals surface area contributed by atoms with Crippen molar-refractivity contribution < 1.29 is 24.0 Å². The number of carbonyl (C=O) groups excluding carboxylic acids is 3. The fourth-order valence-electron chi connectivity index (χ4n) is 1.61. The van der Waals surface area contributed by atoms with Crippen molar-refractivity contribution >= 4 is 18.0 Å². The van der Waals surface area contributed by atoms with Crippen LogP contribution in [0.4, 0.5) is 4.79 Å². The van der Waals surface area contributed by atoms with Gasteiger partial charge in [0.15, 0.2) is 0 Å². The van der Waals surface area contributed by atoms with E-state index in [2.05, 4.69) is 5.32 Å². The first-order valence-corrected chi connectivity index (χ1v) is 6.99. The van der Waals surface area contributed by atoms with Gasteiger partial charge in [-0.1, -0.05) is 30.3 Å². The maximum Gasteiger partial charge on any atom is 0.407 e. The third-order valence-electron chi connectivity index (χ3n) is 3.09.